The number of aryl methyl sites for hydroxylation is 1. The van der Waals surface area contributed by atoms with Crippen molar-refractivity contribution in [2.45, 2.75) is 37.8 Å². The fraction of sp³-hybridized carbons (Fsp3) is 0.526. The molecule has 2 saturated carbocycles. The fourth-order valence-electron chi connectivity index (χ4n) is 4.97. The van der Waals surface area contributed by atoms with E-state index >= 15 is 0 Å². The molecule has 1 spiro atoms. The van der Waals surface area contributed by atoms with Gasteiger partial charge in [-0.15, -0.1) is 0 Å². The molecule has 2 aliphatic carbocycles. The highest BCUT2D eigenvalue weighted by atomic mass is 35.5. The van der Waals surface area contributed by atoms with Crippen LogP contribution in [0.5, 0.6) is 0 Å². The number of aromatic nitrogens is 3. The number of hydrogen-bond donors (Lipinski definition) is 1. The van der Waals surface area contributed by atoms with Gasteiger partial charge in [0.05, 0.1) is 6.10 Å². The molecule has 5 rings (SSSR count). The number of fused-ring (bicyclic) bond motifs is 2. The Bertz CT molecular complexity index is 859. The van der Waals surface area contributed by atoms with E-state index in [2.05, 4.69) is 15.4 Å². The van der Waals surface area contributed by atoms with Crippen LogP contribution < -0.4 is 5.32 Å². The molecule has 2 heterocycles. The van der Waals surface area contributed by atoms with Gasteiger partial charge in [-0.05, 0) is 43.5 Å². The number of halogens is 1. The van der Waals surface area contributed by atoms with E-state index in [9.17, 15) is 4.79 Å². The third kappa shape index (κ3) is 2.25. The van der Waals surface area contributed by atoms with Crippen LogP contribution in [-0.2, 0) is 11.8 Å². The number of benzene rings is 1. The minimum atomic E-state index is -0.151. The maximum Gasteiger partial charge on any atom is 0.289 e. The van der Waals surface area contributed by atoms with Crippen molar-refractivity contribution in [1.82, 2.24) is 20.1 Å². The molecule has 3 aliphatic rings. The predicted octanol–water partition coefficient (Wildman–Crippen LogP) is 2.82. The summed E-state index contributed by atoms with van der Waals surface area (Å²) in [6.07, 6.45) is 4.89. The van der Waals surface area contributed by atoms with Gasteiger partial charge in [-0.25, -0.2) is 9.67 Å². The number of nitrogens with one attached hydrogen (secondary N) is 1. The molecule has 3 fully saturated rings. The van der Waals surface area contributed by atoms with Gasteiger partial charge in [-0.2, -0.15) is 5.10 Å². The predicted molar refractivity (Wildman–Crippen MR) is 96.8 cm³/mol. The Balaban J connectivity index is 1.37. The largest absolute Gasteiger partial charge is 0.377 e. The molecule has 7 heteroatoms. The first-order chi connectivity index (χ1) is 12.6. The molecular weight excluding hydrogens is 352 g/mol. The van der Waals surface area contributed by atoms with E-state index in [1.807, 2.05) is 12.1 Å². The number of rotatable bonds is 3. The molecule has 6 nitrogen and oxygen atoms in total. The molecule has 0 bridgehead atoms. The van der Waals surface area contributed by atoms with E-state index in [1.165, 1.54) is 6.42 Å². The molecule has 1 amide bonds. The Morgan fingerprint density at radius 3 is 2.81 bits per heavy atom. The molecule has 0 radical (unpaired) electrons. The summed E-state index contributed by atoms with van der Waals surface area (Å²) in [6.45, 7) is 0.814. The Morgan fingerprint density at radius 2 is 2.12 bits per heavy atom. The van der Waals surface area contributed by atoms with Gasteiger partial charge in [0, 0.05) is 41.6 Å². The standard InChI is InChI=1S/C19H21ClN4O2/c1-24-17(22-16(23-24)11-3-5-12(20)6-4-11)18(25)21-14-13-7-10-26-15(13)19(14)8-2-9-19/h3-6,13-15H,2,7-10H2,1H3,(H,21,25). The fourth-order valence-corrected chi connectivity index (χ4v) is 5.09. The number of carbonyl (C=O) groups is 1. The monoisotopic (exact) mass is 372 g/mol. The maximum absolute atomic E-state index is 12.9. The van der Waals surface area contributed by atoms with Gasteiger partial charge in [-0.1, -0.05) is 18.0 Å². The minimum absolute atomic E-state index is 0.151. The van der Waals surface area contributed by atoms with Crippen LogP contribution >= 0.6 is 11.6 Å². The lowest BCUT2D eigenvalue weighted by molar-refractivity contribution is -0.172. The zero-order chi connectivity index (χ0) is 17.9. The quantitative estimate of drug-likeness (QED) is 0.899. The second-order valence-corrected chi connectivity index (χ2v) is 8.11. The molecule has 3 atom stereocenters. The first-order valence-corrected chi connectivity index (χ1v) is 9.56. The second kappa shape index (κ2) is 5.79. The SMILES string of the molecule is Cn1nc(-c2ccc(Cl)cc2)nc1C(=O)NC1C2CCOC2C12CCC2. The first-order valence-electron chi connectivity index (χ1n) is 9.18. The van der Waals surface area contributed by atoms with E-state index in [0.29, 0.717) is 28.7 Å². The van der Waals surface area contributed by atoms with Gasteiger partial charge in [0.15, 0.2) is 5.82 Å². The molecule has 26 heavy (non-hydrogen) atoms. The molecule has 1 N–H and O–H groups in total. The third-order valence-electron chi connectivity index (χ3n) is 6.39. The third-order valence-corrected chi connectivity index (χ3v) is 6.64. The summed E-state index contributed by atoms with van der Waals surface area (Å²) < 4.78 is 7.48. The van der Waals surface area contributed by atoms with E-state index in [1.54, 1.807) is 23.9 Å². The van der Waals surface area contributed by atoms with Crippen LogP contribution in [0.3, 0.4) is 0 Å². The Morgan fingerprint density at radius 1 is 1.35 bits per heavy atom. The van der Waals surface area contributed by atoms with E-state index in [-0.39, 0.29) is 17.4 Å². The van der Waals surface area contributed by atoms with Gasteiger partial charge < -0.3 is 10.1 Å². The van der Waals surface area contributed by atoms with Crippen molar-refractivity contribution in [3.63, 3.8) is 0 Å². The summed E-state index contributed by atoms with van der Waals surface area (Å²) in [6, 6.07) is 7.50. The zero-order valence-electron chi connectivity index (χ0n) is 14.6. The van der Waals surface area contributed by atoms with Gasteiger partial charge in [-0.3, -0.25) is 4.79 Å². The number of hydrogen-bond acceptors (Lipinski definition) is 4. The topological polar surface area (TPSA) is 69.0 Å². The summed E-state index contributed by atoms with van der Waals surface area (Å²) >= 11 is 5.94. The normalized spacial score (nSPS) is 28.3. The average molecular weight is 373 g/mol. The van der Waals surface area contributed by atoms with Gasteiger partial charge in [0.1, 0.15) is 0 Å². The smallest absolute Gasteiger partial charge is 0.289 e. The highest BCUT2D eigenvalue weighted by Gasteiger charge is 2.67. The van der Waals surface area contributed by atoms with Crippen molar-refractivity contribution in [1.29, 1.82) is 0 Å². The molecule has 1 aromatic carbocycles. The molecule has 1 saturated heterocycles. The molecule has 1 aliphatic heterocycles. The highest BCUT2D eigenvalue weighted by molar-refractivity contribution is 6.30. The van der Waals surface area contributed by atoms with Crippen LogP contribution in [0.2, 0.25) is 5.02 Å². The summed E-state index contributed by atoms with van der Waals surface area (Å²) in [5, 5.41) is 8.30. The van der Waals surface area contributed by atoms with Crippen LogP contribution in [0.25, 0.3) is 11.4 Å². The zero-order valence-corrected chi connectivity index (χ0v) is 15.4. The molecule has 3 unspecified atom stereocenters. The number of amides is 1. The van der Waals surface area contributed by atoms with Gasteiger partial charge in [0.25, 0.3) is 5.91 Å². The minimum Gasteiger partial charge on any atom is -0.377 e. The highest BCUT2D eigenvalue weighted by Crippen LogP contribution is 2.62. The maximum atomic E-state index is 12.9. The second-order valence-electron chi connectivity index (χ2n) is 7.67. The molecule has 2 aromatic rings. The number of nitrogens with zero attached hydrogens (tertiary/aromatic N) is 3. The van der Waals surface area contributed by atoms with Crippen LogP contribution in [0.4, 0.5) is 0 Å². The Labute approximate surface area is 156 Å². The van der Waals surface area contributed by atoms with Crippen molar-refractivity contribution in [2.24, 2.45) is 18.4 Å². The summed E-state index contributed by atoms with van der Waals surface area (Å²) in [5.74, 6) is 1.17. The summed E-state index contributed by atoms with van der Waals surface area (Å²) in [5.41, 5.74) is 1.00. The molecule has 136 valence electrons. The van der Waals surface area contributed by atoms with Crippen LogP contribution in [-0.4, -0.2) is 39.4 Å². The molecular formula is C19H21ClN4O2. The van der Waals surface area contributed by atoms with Crippen molar-refractivity contribution in [3.8, 4) is 11.4 Å². The summed E-state index contributed by atoms with van der Waals surface area (Å²) in [7, 11) is 1.75. The lowest BCUT2D eigenvalue weighted by Gasteiger charge is -2.63. The number of carbonyl (C=O) groups excluding carboxylic acids is 1. The van der Waals surface area contributed by atoms with Crippen molar-refractivity contribution in [3.05, 3.63) is 35.1 Å². The van der Waals surface area contributed by atoms with E-state index in [0.717, 1.165) is 31.4 Å². The van der Waals surface area contributed by atoms with Crippen LogP contribution in [0, 0.1) is 11.3 Å². The van der Waals surface area contributed by atoms with Crippen molar-refractivity contribution in [2.75, 3.05) is 6.61 Å². The van der Waals surface area contributed by atoms with E-state index < -0.39 is 0 Å². The Kier molecular flexibility index (Phi) is 3.62. The van der Waals surface area contributed by atoms with Gasteiger partial charge in [0.2, 0.25) is 5.82 Å². The molecule has 1 aromatic heterocycles. The lowest BCUT2D eigenvalue weighted by atomic mass is 9.46. The van der Waals surface area contributed by atoms with Crippen LogP contribution in [0.1, 0.15) is 36.3 Å². The van der Waals surface area contributed by atoms with Crippen LogP contribution in [0.15, 0.2) is 24.3 Å². The first kappa shape index (κ1) is 16.3. The Hall–Kier alpha value is -1.92. The van der Waals surface area contributed by atoms with Gasteiger partial charge >= 0.3 is 0 Å². The van der Waals surface area contributed by atoms with Crippen molar-refractivity contribution >= 4 is 17.5 Å². The summed E-state index contributed by atoms with van der Waals surface area (Å²) in [4.78, 5) is 17.4. The number of ether oxygens (including phenoxy) is 1. The van der Waals surface area contributed by atoms with E-state index in [4.69, 9.17) is 16.3 Å². The average Bonchev–Trinajstić information content (AvgIpc) is 3.17. The lowest BCUT2D eigenvalue weighted by Crippen LogP contribution is -2.71. The van der Waals surface area contributed by atoms with Crippen molar-refractivity contribution < 1.29 is 9.53 Å².